The van der Waals surface area contributed by atoms with E-state index >= 15 is 0 Å². The van der Waals surface area contributed by atoms with Crippen molar-refractivity contribution in [2.24, 2.45) is 5.41 Å². The fraction of sp³-hybridized carbons (Fsp3) is 0.857. The molecule has 0 saturated carbocycles. The van der Waals surface area contributed by atoms with Gasteiger partial charge in [-0.05, 0) is 43.5 Å². The molecule has 1 heterocycles. The summed E-state index contributed by atoms with van der Waals surface area (Å²) in [4.78, 5) is 2.55. The highest BCUT2D eigenvalue weighted by atomic mass is 15.1. The van der Waals surface area contributed by atoms with Gasteiger partial charge < -0.3 is 5.32 Å². The lowest BCUT2D eigenvalue weighted by Gasteiger charge is -2.39. The molecule has 2 nitrogen and oxygen atoms in total. The zero-order chi connectivity index (χ0) is 12.0. The first-order chi connectivity index (χ1) is 7.59. The minimum atomic E-state index is 0.597. The Bertz CT molecular complexity index is 215. The number of nitrogens with zero attached hydrogens (tertiary/aromatic N) is 1. The summed E-state index contributed by atoms with van der Waals surface area (Å²) in [5, 5.41) is 3.34. The quantitative estimate of drug-likeness (QED) is 0.698. The van der Waals surface area contributed by atoms with Crippen LogP contribution in [0.4, 0.5) is 0 Å². The van der Waals surface area contributed by atoms with E-state index in [4.69, 9.17) is 0 Å². The number of rotatable bonds is 6. The molecular formula is C14H28N2. The molecule has 0 unspecified atom stereocenters. The van der Waals surface area contributed by atoms with Crippen molar-refractivity contribution in [1.29, 1.82) is 0 Å². The van der Waals surface area contributed by atoms with Gasteiger partial charge in [0.2, 0.25) is 0 Å². The Balaban J connectivity index is 2.24. The number of likely N-dealkylation sites (tertiary alicyclic amines) is 1. The van der Waals surface area contributed by atoms with Crippen LogP contribution in [0.2, 0.25) is 0 Å². The molecule has 1 saturated heterocycles. The van der Waals surface area contributed by atoms with E-state index in [1.54, 1.807) is 0 Å². The van der Waals surface area contributed by atoms with E-state index in [-0.39, 0.29) is 0 Å². The SMILES string of the molecule is C=C(CNCC)CN1CCC(C)(CC)CC1. The molecule has 0 aliphatic carbocycles. The molecule has 0 spiro atoms. The standard InChI is InChI=1S/C14H28N2/c1-5-14(4)7-9-16(10-8-14)12-13(3)11-15-6-2/h15H,3,5-12H2,1-2,4H3. The smallest absolute Gasteiger partial charge is 0.0202 e. The van der Waals surface area contributed by atoms with Crippen molar-refractivity contribution >= 4 is 0 Å². The average molecular weight is 224 g/mol. The number of hydrogen-bond acceptors (Lipinski definition) is 2. The van der Waals surface area contributed by atoms with Crippen LogP contribution in [-0.4, -0.2) is 37.6 Å². The zero-order valence-corrected chi connectivity index (χ0v) is 11.3. The van der Waals surface area contributed by atoms with Crippen LogP contribution in [0.1, 0.15) is 40.0 Å². The van der Waals surface area contributed by atoms with Gasteiger partial charge in [-0.1, -0.05) is 33.8 Å². The Hall–Kier alpha value is -0.340. The van der Waals surface area contributed by atoms with Crippen molar-refractivity contribution in [2.45, 2.75) is 40.0 Å². The van der Waals surface area contributed by atoms with Gasteiger partial charge in [0, 0.05) is 13.1 Å². The molecule has 0 amide bonds. The fourth-order valence-electron chi connectivity index (χ4n) is 2.28. The molecule has 1 N–H and O–H groups in total. The van der Waals surface area contributed by atoms with E-state index < -0.39 is 0 Å². The summed E-state index contributed by atoms with van der Waals surface area (Å²) >= 11 is 0. The van der Waals surface area contributed by atoms with Crippen LogP contribution in [0.3, 0.4) is 0 Å². The lowest BCUT2D eigenvalue weighted by molar-refractivity contribution is 0.122. The van der Waals surface area contributed by atoms with Gasteiger partial charge in [0.25, 0.3) is 0 Å². The Morgan fingerprint density at radius 3 is 2.44 bits per heavy atom. The summed E-state index contributed by atoms with van der Waals surface area (Å²) in [6.45, 7) is 16.6. The molecule has 1 rings (SSSR count). The highest BCUT2D eigenvalue weighted by molar-refractivity contribution is 5.00. The number of hydrogen-bond donors (Lipinski definition) is 1. The van der Waals surface area contributed by atoms with Gasteiger partial charge >= 0.3 is 0 Å². The molecule has 0 aromatic carbocycles. The van der Waals surface area contributed by atoms with Crippen molar-refractivity contribution in [3.63, 3.8) is 0 Å². The maximum absolute atomic E-state index is 4.14. The van der Waals surface area contributed by atoms with Gasteiger partial charge in [0.05, 0.1) is 0 Å². The van der Waals surface area contributed by atoms with Crippen molar-refractivity contribution in [1.82, 2.24) is 10.2 Å². The molecule has 1 fully saturated rings. The maximum atomic E-state index is 4.14. The highest BCUT2D eigenvalue weighted by Gasteiger charge is 2.27. The van der Waals surface area contributed by atoms with Crippen molar-refractivity contribution < 1.29 is 0 Å². The summed E-state index contributed by atoms with van der Waals surface area (Å²) in [6.07, 6.45) is 4.01. The summed E-state index contributed by atoms with van der Waals surface area (Å²) in [5.41, 5.74) is 1.92. The monoisotopic (exact) mass is 224 g/mol. The molecule has 0 aromatic heterocycles. The second kappa shape index (κ2) is 6.41. The second-order valence-corrected chi connectivity index (χ2v) is 5.47. The third kappa shape index (κ3) is 4.26. The van der Waals surface area contributed by atoms with Crippen LogP contribution in [0.15, 0.2) is 12.2 Å². The molecule has 1 aliphatic rings. The minimum Gasteiger partial charge on any atom is -0.313 e. The molecule has 0 aromatic rings. The highest BCUT2D eigenvalue weighted by Crippen LogP contribution is 2.33. The van der Waals surface area contributed by atoms with E-state index in [0.29, 0.717) is 5.41 Å². The summed E-state index contributed by atoms with van der Waals surface area (Å²) in [5.74, 6) is 0. The van der Waals surface area contributed by atoms with E-state index in [0.717, 1.165) is 19.6 Å². The molecule has 0 atom stereocenters. The van der Waals surface area contributed by atoms with Crippen molar-refractivity contribution in [2.75, 3.05) is 32.7 Å². The summed E-state index contributed by atoms with van der Waals surface area (Å²) in [6, 6.07) is 0. The van der Waals surface area contributed by atoms with Crippen LogP contribution in [0, 0.1) is 5.41 Å². The topological polar surface area (TPSA) is 15.3 Å². The number of likely N-dealkylation sites (N-methyl/N-ethyl adjacent to an activating group) is 1. The second-order valence-electron chi connectivity index (χ2n) is 5.47. The van der Waals surface area contributed by atoms with E-state index in [1.165, 1.54) is 37.9 Å². The normalized spacial score (nSPS) is 20.9. The van der Waals surface area contributed by atoms with Gasteiger partial charge in [-0.15, -0.1) is 0 Å². The van der Waals surface area contributed by atoms with Crippen molar-refractivity contribution in [3.8, 4) is 0 Å². The van der Waals surface area contributed by atoms with E-state index in [2.05, 4.69) is 37.6 Å². The molecule has 16 heavy (non-hydrogen) atoms. The van der Waals surface area contributed by atoms with Crippen molar-refractivity contribution in [3.05, 3.63) is 12.2 Å². The fourth-order valence-corrected chi connectivity index (χ4v) is 2.28. The van der Waals surface area contributed by atoms with Gasteiger partial charge in [-0.3, -0.25) is 4.90 Å². The first-order valence-corrected chi connectivity index (χ1v) is 6.69. The largest absolute Gasteiger partial charge is 0.313 e. The van der Waals surface area contributed by atoms with E-state index in [9.17, 15) is 0 Å². The predicted octanol–water partition coefficient (Wildman–Crippen LogP) is 2.66. The molecule has 0 radical (unpaired) electrons. The molecular weight excluding hydrogens is 196 g/mol. The first kappa shape index (κ1) is 13.7. The Kier molecular flexibility index (Phi) is 5.50. The zero-order valence-electron chi connectivity index (χ0n) is 11.3. The van der Waals surface area contributed by atoms with Gasteiger partial charge in [-0.25, -0.2) is 0 Å². The van der Waals surface area contributed by atoms with Crippen LogP contribution < -0.4 is 5.32 Å². The average Bonchev–Trinajstić information content (AvgIpc) is 2.30. The lowest BCUT2D eigenvalue weighted by Crippen LogP contribution is -2.40. The van der Waals surface area contributed by atoms with Crippen LogP contribution in [-0.2, 0) is 0 Å². The summed E-state index contributed by atoms with van der Waals surface area (Å²) in [7, 11) is 0. The van der Waals surface area contributed by atoms with Crippen LogP contribution in [0.25, 0.3) is 0 Å². The Labute approximate surface area is 101 Å². The van der Waals surface area contributed by atoms with Crippen LogP contribution >= 0.6 is 0 Å². The predicted molar refractivity (Wildman–Crippen MR) is 71.8 cm³/mol. The number of piperidine rings is 1. The van der Waals surface area contributed by atoms with Crippen LogP contribution in [0.5, 0.6) is 0 Å². The Morgan fingerprint density at radius 2 is 1.94 bits per heavy atom. The minimum absolute atomic E-state index is 0.597. The number of nitrogens with one attached hydrogen (secondary N) is 1. The lowest BCUT2D eigenvalue weighted by atomic mass is 9.78. The Morgan fingerprint density at radius 1 is 1.31 bits per heavy atom. The maximum Gasteiger partial charge on any atom is 0.0202 e. The molecule has 2 heteroatoms. The first-order valence-electron chi connectivity index (χ1n) is 6.69. The third-order valence-electron chi connectivity index (χ3n) is 3.99. The molecule has 94 valence electrons. The third-order valence-corrected chi connectivity index (χ3v) is 3.99. The van der Waals surface area contributed by atoms with Gasteiger partial charge in [0.1, 0.15) is 0 Å². The van der Waals surface area contributed by atoms with Gasteiger partial charge in [-0.2, -0.15) is 0 Å². The summed E-state index contributed by atoms with van der Waals surface area (Å²) < 4.78 is 0. The molecule has 0 bridgehead atoms. The van der Waals surface area contributed by atoms with Gasteiger partial charge in [0.15, 0.2) is 0 Å². The van der Waals surface area contributed by atoms with E-state index in [1.807, 2.05) is 0 Å². The molecule has 1 aliphatic heterocycles.